The number of piperidine rings is 1. The molecule has 2 aromatic carbocycles. The molecule has 6 aliphatic rings. The lowest BCUT2D eigenvalue weighted by atomic mass is 9.93. The molecule has 2 aliphatic carbocycles. The van der Waals surface area contributed by atoms with E-state index in [0.717, 1.165) is 88.0 Å². The van der Waals surface area contributed by atoms with Gasteiger partial charge in [0.15, 0.2) is 11.5 Å². The minimum absolute atomic E-state index is 0.0109. The van der Waals surface area contributed by atoms with Crippen LogP contribution in [0.5, 0.6) is 5.75 Å². The van der Waals surface area contributed by atoms with E-state index in [4.69, 9.17) is 21.6 Å². The summed E-state index contributed by atoms with van der Waals surface area (Å²) in [4.78, 5) is 71.0. The van der Waals surface area contributed by atoms with Gasteiger partial charge in [0.05, 0.1) is 33.5 Å². The van der Waals surface area contributed by atoms with E-state index < -0.39 is 35.5 Å². The maximum atomic E-state index is 15.5. The minimum Gasteiger partial charge on any atom is -0.490 e. The van der Waals surface area contributed by atoms with Gasteiger partial charge in [0.2, 0.25) is 11.8 Å². The van der Waals surface area contributed by atoms with Crippen LogP contribution in [0.15, 0.2) is 42.5 Å². The first-order valence-corrected chi connectivity index (χ1v) is 21.2. The highest BCUT2D eigenvalue weighted by Crippen LogP contribution is 2.43. The highest BCUT2D eigenvalue weighted by Gasteiger charge is 2.46. The lowest BCUT2D eigenvalue weighted by Crippen LogP contribution is -2.54. The summed E-state index contributed by atoms with van der Waals surface area (Å²) < 4.78 is 21.5. The second-order valence-corrected chi connectivity index (χ2v) is 17.3. The molecule has 2 N–H and O–H groups in total. The first-order chi connectivity index (χ1) is 29.0. The fourth-order valence-electron chi connectivity index (χ4n) is 10.1. The fraction of sp³-hybridized carbons (Fsp3) is 0.488. The number of fused-ring (bicyclic) bond motifs is 2. The number of piperazine rings is 1. The summed E-state index contributed by atoms with van der Waals surface area (Å²) in [6.07, 6.45) is 5.42. The Morgan fingerprint density at radius 2 is 1.62 bits per heavy atom. The molecule has 5 fully saturated rings. The number of halogens is 2. The predicted molar refractivity (Wildman–Crippen MR) is 216 cm³/mol. The minimum atomic E-state index is -1.10. The van der Waals surface area contributed by atoms with Gasteiger partial charge < -0.3 is 19.9 Å². The molecule has 17 heteroatoms. The van der Waals surface area contributed by atoms with Gasteiger partial charge in [-0.15, -0.1) is 10.2 Å². The molecule has 1 aromatic heterocycles. The highest BCUT2D eigenvalue weighted by molar-refractivity contribution is 6.31. The van der Waals surface area contributed by atoms with E-state index in [-0.39, 0.29) is 47.7 Å². The highest BCUT2D eigenvalue weighted by atomic mass is 35.5. The van der Waals surface area contributed by atoms with Crippen molar-refractivity contribution in [3.8, 4) is 11.8 Å². The van der Waals surface area contributed by atoms with E-state index >= 15 is 4.39 Å². The third-order valence-corrected chi connectivity index (χ3v) is 13.5. The SMILES string of the molecule is N#Cc1ccc(OC2CCC(NC(=O)c3ccc(N4C[C@H]5CC(CN6CCN(c7cc8c(cc7F)C(=O)N(C7CCC(=O)NC7=O)C8=O)CC6)C[C@H]5C4)nn3)CC2)cc1Cl. The van der Waals surface area contributed by atoms with Gasteiger partial charge in [-0.05, 0) is 99.1 Å². The number of aromatic nitrogens is 2. The maximum Gasteiger partial charge on any atom is 0.272 e. The second kappa shape index (κ2) is 16.4. The smallest absolute Gasteiger partial charge is 0.272 e. The van der Waals surface area contributed by atoms with E-state index in [2.05, 4.69) is 30.6 Å². The predicted octanol–water partition coefficient (Wildman–Crippen LogP) is 3.95. The van der Waals surface area contributed by atoms with E-state index in [9.17, 15) is 24.0 Å². The standard InChI is InChI=1S/C43H45ClFN9O6/c44-33-17-30(4-1-25(33)20-46)60-29-5-2-28(3-6-29)47-40(56)35-7-9-38(50-49-35)53-22-26-15-24(16-27(26)23-53)21-51-11-13-52(14-12-51)37-19-32-31(18-34(37)45)42(58)54(43(32)59)36-8-10-39(55)48-41(36)57/h1,4,7,9,17-19,24,26-29,36H,2-3,5-6,8,10-16,21-23H2,(H,47,56)(H,48,55,57)/t24?,26-,27+,28?,29?,36?. The normalized spacial score (nSPS) is 26.8. The number of rotatable bonds is 9. The van der Waals surface area contributed by atoms with E-state index in [1.54, 1.807) is 24.3 Å². The Morgan fingerprint density at radius 1 is 0.900 bits per heavy atom. The Bertz CT molecular complexity index is 2260. The van der Waals surface area contributed by atoms with Gasteiger partial charge in [0, 0.05) is 64.3 Å². The van der Waals surface area contributed by atoms with Crippen LogP contribution in [0.25, 0.3) is 0 Å². The molecular formula is C43H45ClFN9O6. The lowest BCUT2D eigenvalue weighted by molar-refractivity contribution is -0.136. The van der Waals surface area contributed by atoms with Crippen LogP contribution in [0.4, 0.5) is 15.9 Å². The molecular weight excluding hydrogens is 793 g/mol. The van der Waals surface area contributed by atoms with Gasteiger partial charge in [-0.25, -0.2) is 4.39 Å². The first-order valence-electron chi connectivity index (χ1n) is 20.8. The zero-order chi connectivity index (χ0) is 41.7. The van der Waals surface area contributed by atoms with Crippen molar-refractivity contribution >= 4 is 52.6 Å². The molecule has 2 saturated carbocycles. The second-order valence-electron chi connectivity index (χ2n) is 16.9. The molecule has 4 atom stereocenters. The number of nitrogens with one attached hydrogen (secondary N) is 2. The quantitative estimate of drug-likeness (QED) is 0.297. The molecule has 0 radical (unpaired) electrons. The monoisotopic (exact) mass is 837 g/mol. The number of imide groups is 2. The van der Waals surface area contributed by atoms with E-state index in [1.165, 1.54) is 6.07 Å². The number of carbonyl (C=O) groups is 5. The molecule has 3 aromatic rings. The molecule has 5 amide bonds. The van der Waals surface area contributed by atoms with Crippen LogP contribution >= 0.6 is 11.6 Å². The van der Waals surface area contributed by atoms with Crippen molar-refractivity contribution in [1.82, 2.24) is 30.6 Å². The van der Waals surface area contributed by atoms with Crippen molar-refractivity contribution in [1.29, 1.82) is 5.26 Å². The van der Waals surface area contributed by atoms with E-state index in [1.807, 2.05) is 17.0 Å². The summed E-state index contributed by atoms with van der Waals surface area (Å²) in [6, 6.07) is 12.2. The zero-order valence-electron chi connectivity index (χ0n) is 32.9. The van der Waals surface area contributed by atoms with Gasteiger partial charge in [-0.2, -0.15) is 5.26 Å². The number of benzene rings is 2. The molecule has 5 heterocycles. The Kier molecular flexibility index (Phi) is 10.9. The summed E-state index contributed by atoms with van der Waals surface area (Å²) in [5, 5.41) is 23.5. The average molecular weight is 838 g/mol. The third-order valence-electron chi connectivity index (χ3n) is 13.2. The number of nitrogens with zero attached hydrogens (tertiary/aromatic N) is 7. The van der Waals surface area contributed by atoms with Crippen LogP contribution in [0.3, 0.4) is 0 Å². The van der Waals surface area contributed by atoms with Crippen LogP contribution in [0.1, 0.15) is 88.1 Å². The average Bonchev–Trinajstić information content (AvgIpc) is 3.88. The van der Waals surface area contributed by atoms with Crippen molar-refractivity contribution < 1.29 is 33.1 Å². The van der Waals surface area contributed by atoms with Crippen LogP contribution in [0, 0.1) is 34.9 Å². The van der Waals surface area contributed by atoms with Crippen LogP contribution in [-0.4, -0.2) is 114 Å². The van der Waals surface area contributed by atoms with Gasteiger partial charge in [-0.1, -0.05) is 11.6 Å². The maximum absolute atomic E-state index is 15.5. The van der Waals surface area contributed by atoms with Crippen LogP contribution in [-0.2, 0) is 9.59 Å². The number of ether oxygens (including phenoxy) is 1. The van der Waals surface area contributed by atoms with Crippen molar-refractivity contribution in [3.05, 3.63) is 75.7 Å². The van der Waals surface area contributed by atoms with Gasteiger partial charge in [0.25, 0.3) is 17.7 Å². The van der Waals surface area contributed by atoms with Crippen molar-refractivity contribution in [2.75, 3.05) is 55.6 Å². The number of carbonyl (C=O) groups excluding carboxylic acids is 5. The largest absolute Gasteiger partial charge is 0.490 e. The number of nitriles is 1. The third kappa shape index (κ3) is 7.88. The van der Waals surface area contributed by atoms with Crippen LogP contribution < -0.4 is 25.2 Å². The van der Waals surface area contributed by atoms with Gasteiger partial charge in [-0.3, -0.25) is 39.1 Å². The molecule has 0 spiro atoms. The van der Waals surface area contributed by atoms with Crippen molar-refractivity contribution in [3.63, 3.8) is 0 Å². The number of hydrogen-bond acceptors (Lipinski definition) is 12. The summed E-state index contributed by atoms with van der Waals surface area (Å²) in [5.41, 5.74) is 0.987. The zero-order valence-corrected chi connectivity index (χ0v) is 33.7. The molecule has 3 saturated heterocycles. The number of hydrogen-bond donors (Lipinski definition) is 2. The molecule has 312 valence electrons. The van der Waals surface area contributed by atoms with Crippen molar-refractivity contribution in [2.45, 2.75) is 69.6 Å². The Morgan fingerprint density at radius 3 is 2.27 bits per heavy atom. The Hall–Kier alpha value is -5.66. The van der Waals surface area contributed by atoms with Gasteiger partial charge >= 0.3 is 0 Å². The summed E-state index contributed by atoms with van der Waals surface area (Å²) >= 11 is 6.15. The summed E-state index contributed by atoms with van der Waals surface area (Å²) in [5.74, 6) is -0.264. The number of anilines is 2. The van der Waals surface area contributed by atoms with Crippen LogP contribution in [0.2, 0.25) is 5.02 Å². The Balaban J connectivity index is 0.709. The van der Waals surface area contributed by atoms with Crippen molar-refractivity contribution in [2.24, 2.45) is 17.8 Å². The van der Waals surface area contributed by atoms with Gasteiger partial charge in [0.1, 0.15) is 23.7 Å². The molecule has 9 rings (SSSR count). The van der Waals surface area contributed by atoms with E-state index in [0.29, 0.717) is 52.9 Å². The first kappa shape index (κ1) is 39.8. The molecule has 2 unspecified atom stereocenters. The topological polar surface area (TPSA) is 181 Å². The molecule has 60 heavy (non-hydrogen) atoms. The summed E-state index contributed by atoms with van der Waals surface area (Å²) in [6.45, 7) is 5.38. The summed E-state index contributed by atoms with van der Waals surface area (Å²) in [7, 11) is 0. The Labute approximate surface area is 351 Å². The fourth-order valence-corrected chi connectivity index (χ4v) is 10.3. The lowest BCUT2D eigenvalue weighted by Gasteiger charge is -2.37. The molecule has 15 nitrogen and oxygen atoms in total. The molecule has 4 aliphatic heterocycles. The molecule has 0 bridgehead atoms. The number of amides is 5.